The first kappa shape index (κ1) is 32.2. The predicted octanol–water partition coefficient (Wildman–Crippen LogP) is 7.99. The van der Waals surface area contributed by atoms with Gasteiger partial charge in [0.15, 0.2) is 10.8 Å². The Morgan fingerprint density at radius 3 is 2.47 bits per heavy atom. The zero-order valence-electron chi connectivity index (χ0n) is 28.3. The van der Waals surface area contributed by atoms with Crippen LogP contribution in [0.3, 0.4) is 0 Å². The van der Waals surface area contributed by atoms with Crippen LogP contribution in [0.25, 0.3) is 21.3 Å². The Kier molecular flexibility index (Phi) is 8.50. The molecule has 0 atom stereocenters. The summed E-state index contributed by atoms with van der Waals surface area (Å²) < 4.78 is 8.88. The van der Waals surface area contributed by atoms with E-state index < -0.39 is 11.6 Å². The normalized spacial score (nSPS) is 13.0. The Bertz CT molecular complexity index is 2170. The molecule has 0 unspecified atom stereocenters. The van der Waals surface area contributed by atoms with Gasteiger partial charge in [0.05, 0.1) is 22.5 Å². The molecule has 3 aromatic heterocycles. The molecule has 0 radical (unpaired) electrons. The van der Waals surface area contributed by atoms with Crippen molar-refractivity contribution in [3.63, 3.8) is 0 Å². The highest BCUT2D eigenvalue weighted by Crippen LogP contribution is 2.34. The molecule has 1 amide bonds. The first-order chi connectivity index (χ1) is 23.5. The average Bonchev–Trinajstić information content (AvgIpc) is 3.61. The van der Waals surface area contributed by atoms with Gasteiger partial charge in [0, 0.05) is 35.5 Å². The molecule has 1 N–H and O–H groups in total. The minimum atomic E-state index is -0.705. The van der Waals surface area contributed by atoms with Gasteiger partial charge < -0.3 is 9.64 Å². The van der Waals surface area contributed by atoms with Crippen LogP contribution in [0.2, 0.25) is 0 Å². The number of fused-ring (bicyclic) bond motifs is 2. The Labute approximate surface area is 289 Å². The summed E-state index contributed by atoms with van der Waals surface area (Å²) in [5.74, 6) is -0.0510. The number of carbonyl (C=O) groups is 2. The number of pyridine rings is 1. The van der Waals surface area contributed by atoms with Crippen LogP contribution in [0, 0.1) is 13.8 Å². The van der Waals surface area contributed by atoms with Crippen molar-refractivity contribution < 1.29 is 14.3 Å². The number of para-hydroxylation sites is 1. The molecule has 0 spiro atoms. The minimum Gasteiger partial charge on any atom is -0.455 e. The van der Waals surface area contributed by atoms with Gasteiger partial charge in [0.2, 0.25) is 0 Å². The number of esters is 1. The third kappa shape index (κ3) is 6.69. The fraction of sp³-hybridized carbons (Fsp3) is 0.256. The van der Waals surface area contributed by atoms with Crippen LogP contribution in [0.1, 0.15) is 69.7 Å². The molecule has 6 aromatic rings. The Balaban J connectivity index is 1.21. The van der Waals surface area contributed by atoms with Crippen LogP contribution in [0.5, 0.6) is 0 Å². The molecule has 0 saturated carbocycles. The topological polar surface area (TPSA) is 102 Å². The van der Waals surface area contributed by atoms with Crippen LogP contribution in [-0.2, 0) is 24.2 Å². The highest BCUT2D eigenvalue weighted by molar-refractivity contribution is 7.22. The lowest BCUT2D eigenvalue weighted by Crippen LogP contribution is -2.33. The Morgan fingerprint density at radius 1 is 0.918 bits per heavy atom. The lowest BCUT2D eigenvalue weighted by atomic mass is 9.94. The maximum atomic E-state index is 13.8. The Morgan fingerprint density at radius 2 is 1.69 bits per heavy atom. The van der Waals surface area contributed by atoms with Gasteiger partial charge in [0.1, 0.15) is 11.4 Å². The van der Waals surface area contributed by atoms with E-state index in [1.165, 1.54) is 11.3 Å². The fourth-order valence-electron chi connectivity index (χ4n) is 6.39. The molecule has 248 valence electrons. The lowest BCUT2D eigenvalue weighted by Gasteiger charge is -2.31. The van der Waals surface area contributed by atoms with Crippen molar-refractivity contribution in [3.05, 3.63) is 124 Å². The zero-order chi connectivity index (χ0) is 34.3. The van der Waals surface area contributed by atoms with Gasteiger partial charge in [-0.2, -0.15) is 5.10 Å². The molecule has 4 heterocycles. The summed E-state index contributed by atoms with van der Waals surface area (Å²) in [6.45, 7) is 11.3. The van der Waals surface area contributed by atoms with Gasteiger partial charge in [-0.1, -0.05) is 65.9 Å². The van der Waals surface area contributed by atoms with Crippen LogP contribution in [0.15, 0.2) is 84.9 Å². The van der Waals surface area contributed by atoms with Crippen molar-refractivity contribution in [1.29, 1.82) is 0 Å². The first-order valence-electron chi connectivity index (χ1n) is 16.4. The van der Waals surface area contributed by atoms with Crippen LogP contribution >= 0.6 is 11.3 Å². The molecular weight excluding hydrogens is 633 g/mol. The number of aromatic nitrogens is 4. The summed E-state index contributed by atoms with van der Waals surface area (Å²) in [7, 11) is 0. The number of hydrogen-bond donors (Lipinski definition) is 1. The fourth-order valence-corrected chi connectivity index (χ4v) is 7.25. The van der Waals surface area contributed by atoms with Crippen molar-refractivity contribution in [3.8, 4) is 11.1 Å². The molecule has 1 aliphatic rings. The number of ether oxygens (including phenoxy) is 1. The smallest absolute Gasteiger partial charge is 0.358 e. The summed E-state index contributed by atoms with van der Waals surface area (Å²) in [6.07, 6.45) is 0.729. The standard InChI is InChI=1S/C39H38N6O3S/c1-24-34(25(2)45(43-24)22-26-12-7-6-8-13-26)29-18-19-33(41-35(29)37(47)48-39(3,4)5)44-21-20-27-14-11-15-28(30(27)23-44)36(46)42-38-40-31-16-9-10-17-32(31)49-38/h6-19H,20-23H2,1-5H3,(H,40,42,46). The zero-order valence-corrected chi connectivity index (χ0v) is 29.1. The van der Waals surface area contributed by atoms with Crippen molar-refractivity contribution in [2.45, 2.75) is 59.7 Å². The number of aryl methyl sites for hydroxylation is 1. The largest absolute Gasteiger partial charge is 0.455 e. The van der Waals surface area contributed by atoms with E-state index in [-0.39, 0.29) is 11.6 Å². The van der Waals surface area contributed by atoms with E-state index in [4.69, 9.17) is 14.8 Å². The van der Waals surface area contributed by atoms with E-state index >= 15 is 0 Å². The molecular formula is C39H38N6O3S. The quantitative estimate of drug-likeness (QED) is 0.172. The van der Waals surface area contributed by atoms with Crippen LogP contribution < -0.4 is 10.2 Å². The monoisotopic (exact) mass is 670 g/mol. The number of amides is 1. The number of anilines is 2. The molecule has 9 nitrogen and oxygen atoms in total. The maximum absolute atomic E-state index is 13.8. The molecule has 0 saturated heterocycles. The van der Waals surface area contributed by atoms with E-state index in [2.05, 4.69) is 33.4 Å². The molecule has 0 aliphatic carbocycles. The van der Waals surface area contributed by atoms with Crippen LogP contribution in [0.4, 0.5) is 10.9 Å². The van der Waals surface area contributed by atoms with E-state index in [0.29, 0.717) is 41.7 Å². The van der Waals surface area contributed by atoms with Gasteiger partial charge in [-0.05, 0) is 88.1 Å². The molecule has 3 aromatic carbocycles. The second-order valence-corrected chi connectivity index (χ2v) is 14.3. The highest BCUT2D eigenvalue weighted by atomic mass is 32.1. The SMILES string of the molecule is Cc1nn(Cc2ccccc2)c(C)c1-c1ccc(N2CCc3cccc(C(=O)Nc4nc5ccccc5s4)c3C2)nc1C(=O)OC(C)(C)C. The highest BCUT2D eigenvalue weighted by Gasteiger charge is 2.29. The van der Waals surface area contributed by atoms with Crippen molar-refractivity contribution >= 4 is 44.4 Å². The second-order valence-electron chi connectivity index (χ2n) is 13.3. The molecule has 49 heavy (non-hydrogen) atoms. The molecule has 7 rings (SSSR count). The molecule has 10 heteroatoms. The van der Waals surface area contributed by atoms with E-state index in [1.807, 2.05) is 106 Å². The summed E-state index contributed by atoms with van der Waals surface area (Å²) in [5, 5.41) is 8.43. The lowest BCUT2D eigenvalue weighted by molar-refractivity contribution is 0.00638. The number of thiazole rings is 1. The number of carbonyl (C=O) groups excluding carboxylic acids is 2. The summed E-state index contributed by atoms with van der Waals surface area (Å²) in [5.41, 5.74) is 7.48. The number of nitrogens with one attached hydrogen (secondary N) is 1. The van der Waals surface area contributed by atoms with E-state index in [9.17, 15) is 9.59 Å². The maximum Gasteiger partial charge on any atom is 0.358 e. The van der Waals surface area contributed by atoms with Gasteiger partial charge in [-0.15, -0.1) is 0 Å². The van der Waals surface area contributed by atoms with Gasteiger partial charge in [0.25, 0.3) is 5.91 Å². The van der Waals surface area contributed by atoms with Gasteiger partial charge in [-0.3, -0.25) is 14.8 Å². The summed E-state index contributed by atoms with van der Waals surface area (Å²) >= 11 is 1.45. The van der Waals surface area contributed by atoms with E-state index in [1.54, 1.807) is 0 Å². The van der Waals surface area contributed by atoms with Crippen molar-refractivity contribution in [1.82, 2.24) is 19.7 Å². The predicted molar refractivity (Wildman–Crippen MR) is 194 cm³/mol. The molecule has 1 aliphatic heterocycles. The number of rotatable bonds is 7. The van der Waals surface area contributed by atoms with Crippen molar-refractivity contribution in [2.75, 3.05) is 16.8 Å². The second kappa shape index (κ2) is 12.9. The van der Waals surface area contributed by atoms with Gasteiger partial charge in [-0.25, -0.2) is 14.8 Å². The molecule has 0 bridgehead atoms. The van der Waals surface area contributed by atoms with E-state index in [0.717, 1.165) is 50.3 Å². The van der Waals surface area contributed by atoms with Crippen LogP contribution in [-0.4, -0.2) is 43.8 Å². The minimum absolute atomic E-state index is 0.200. The summed E-state index contributed by atoms with van der Waals surface area (Å²) in [4.78, 5) is 39.1. The number of nitrogens with zero attached hydrogens (tertiary/aromatic N) is 5. The molecule has 0 fully saturated rings. The average molecular weight is 671 g/mol. The summed E-state index contributed by atoms with van der Waals surface area (Å²) in [6, 6.07) is 27.8. The Hall–Kier alpha value is -5.35. The number of benzene rings is 3. The third-order valence-corrected chi connectivity index (χ3v) is 9.61. The number of hydrogen-bond acceptors (Lipinski definition) is 8. The van der Waals surface area contributed by atoms with Gasteiger partial charge >= 0.3 is 5.97 Å². The third-order valence-electron chi connectivity index (χ3n) is 8.65. The first-order valence-corrected chi connectivity index (χ1v) is 17.2. The van der Waals surface area contributed by atoms with Crippen molar-refractivity contribution in [2.24, 2.45) is 0 Å².